The summed E-state index contributed by atoms with van der Waals surface area (Å²) in [4.78, 5) is 28.6. The molecule has 1 heterocycles. The van der Waals surface area contributed by atoms with E-state index in [0.717, 1.165) is 0 Å². The van der Waals surface area contributed by atoms with E-state index in [-0.39, 0.29) is 22.8 Å². The number of carbonyl (C=O) groups excluding carboxylic acids is 2. The fourth-order valence-electron chi connectivity index (χ4n) is 2.86. The molecule has 5 heteroatoms. The van der Waals surface area contributed by atoms with Crippen LogP contribution < -0.4 is 5.32 Å². The zero-order chi connectivity index (χ0) is 19.5. The topological polar surface area (TPSA) is 52.7 Å². The number of amides is 3. The molecular weight excluding hydrogens is 326 g/mol. The zero-order valence-corrected chi connectivity index (χ0v) is 17.1. The van der Waals surface area contributed by atoms with E-state index in [0.29, 0.717) is 38.3 Å². The maximum absolute atomic E-state index is 12.7. The summed E-state index contributed by atoms with van der Waals surface area (Å²) in [5.41, 5.74) is 2.07. The van der Waals surface area contributed by atoms with Crippen molar-refractivity contribution < 1.29 is 9.59 Å². The molecule has 26 heavy (non-hydrogen) atoms. The molecule has 0 radical (unpaired) electrons. The Hall–Kier alpha value is -2.04. The summed E-state index contributed by atoms with van der Waals surface area (Å²) < 4.78 is 0. The molecule has 0 saturated carbocycles. The number of urea groups is 1. The third-order valence-electron chi connectivity index (χ3n) is 4.62. The van der Waals surface area contributed by atoms with E-state index < -0.39 is 0 Å². The van der Waals surface area contributed by atoms with Crippen LogP contribution in [-0.4, -0.2) is 54.5 Å². The summed E-state index contributed by atoms with van der Waals surface area (Å²) >= 11 is 0. The first-order valence-corrected chi connectivity index (χ1v) is 9.40. The highest BCUT2D eigenvalue weighted by Crippen LogP contribution is 2.22. The van der Waals surface area contributed by atoms with Crippen LogP contribution in [0.2, 0.25) is 0 Å². The lowest BCUT2D eigenvalue weighted by Gasteiger charge is -2.35. The Morgan fingerprint density at radius 2 is 1.38 bits per heavy atom. The summed E-state index contributed by atoms with van der Waals surface area (Å²) in [5.74, 6) is 0.0419. The van der Waals surface area contributed by atoms with Gasteiger partial charge in [0, 0.05) is 38.3 Å². The van der Waals surface area contributed by atoms with E-state index in [1.165, 1.54) is 5.56 Å². The minimum Gasteiger partial charge on any atom is -0.337 e. The average molecular weight is 360 g/mol. The van der Waals surface area contributed by atoms with Gasteiger partial charge >= 0.3 is 6.03 Å². The molecule has 1 N–H and O–H groups in total. The predicted molar refractivity (Wildman–Crippen MR) is 105 cm³/mol. The second-order valence-electron chi connectivity index (χ2n) is 9.33. The zero-order valence-electron chi connectivity index (χ0n) is 17.1. The Morgan fingerprint density at radius 1 is 0.885 bits per heavy atom. The van der Waals surface area contributed by atoms with E-state index in [4.69, 9.17) is 0 Å². The molecule has 1 fully saturated rings. The van der Waals surface area contributed by atoms with Crippen LogP contribution in [0.25, 0.3) is 0 Å². The maximum Gasteiger partial charge on any atom is 0.317 e. The second-order valence-corrected chi connectivity index (χ2v) is 9.33. The third kappa shape index (κ3) is 5.48. The van der Waals surface area contributed by atoms with Crippen LogP contribution in [0.3, 0.4) is 0 Å². The van der Waals surface area contributed by atoms with Crippen LogP contribution in [0.4, 0.5) is 4.79 Å². The average Bonchev–Trinajstić information content (AvgIpc) is 2.58. The quantitative estimate of drug-likeness (QED) is 0.879. The Bertz CT molecular complexity index is 631. The van der Waals surface area contributed by atoms with Crippen molar-refractivity contribution in [1.82, 2.24) is 15.1 Å². The molecular formula is C21H33N3O2. The van der Waals surface area contributed by atoms with Gasteiger partial charge in [-0.3, -0.25) is 4.79 Å². The fraction of sp³-hybridized carbons (Fsp3) is 0.619. The van der Waals surface area contributed by atoms with Crippen molar-refractivity contribution in [3.8, 4) is 0 Å². The number of carbonyl (C=O) groups is 2. The first-order chi connectivity index (χ1) is 12.0. The van der Waals surface area contributed by atoms with E-state index >= 15 is 0 Å². The van der Waals surface area contributed by atoms with Gasteiger partial charge in [0.15, 0.2) is 0 Å². The van der Waals surface area contributed by atoms with Crippen molar-refractivity contribution >= 4 is 11.9 Å². The van der Waals surface area contributed by atoms with Gasteiger partial charge in [0.1, 0.15) is 0 Å². The van der Waals surface area contributed by atoms with Gasteiger partial charge in [-0.1, -0.05) is 53.7 Å². The van der Waals surface area contributed by atoms with Gasteiger partial charge in [-0.15, -0.1) is 0 Å². The van der Waals surface area contributed by atoms with E-state index in [2.05, 4.69) is 46.9 Å². The highest BCUT2D eigenvalue weighted by molar-refractivity contribution is 5.94. The Kier molecular flexibility index (Phi) is 5.99. The van der Waals surface area contributed by atoms with E-state index in [1.807, 2.05) is 29.2 Å². The first-order valence-electron chi connectivity index (χ1n) is 9.40. The minimum atomic E-state index is -0.0402. The van der Waals surface area contributed by atoms with Gasteiger partial charge in [0.25, 0.3) is 5.91 Å². The van der Waals surface area contributed by atoms with Gasteiger partial charge < -0.3 is 15.1 Å². The number of hydrogen-bond donors (Lipinski definition) is 1. The third-order valence-corrected chi connectivity index (χ3v) is 4.62. The molecule has 2 rings (SSSR count). The number of nitrogens with zero attached hydrogens (tertiary/aromatic N) is 2. The molecule has 0 spiro atoms. The van der Waals surface area contributed by atoms with Crippen LogP contribution in [0.1, 0.15) is 57.5 Å². The largest absolute Gasteiger partial charge is 0.337 e. The molecule has 1 aliphatic heterocycles. The monoisotopic (exact) mass is 359 g/mol. The SMILES string of the molecule is CC(C)(C)CNC(=O)N1CCN(C(=O)c2ccc(C(C)(C)C)cc2)CC1. The molecule has 0 aromatic heterocycles. The molecule has 0 unspecified atom stereocenters. The van der Waals surface area contributed by atoms with Crippen molar-refractivity contribution in [2.75, 3.05) is 32.7 Å². The van der Waals surface area contributed by atoms with Crippen LogP contribution in [0.15, 0.2) is 24.3 Å². The van der Waals surface area contributed by atoms with Gasteiger partial charge in [0.2, 0.25) is 0 Å². The highest BCUT2D eigenvalue weighted by atomic mass is 16.2. The lowest BCUT2D eigenvalue weighted by Crippen LogP contribution is -2.53. The number of piperazine rings is 1. The fourth-order valence-corrected chi connectivity index (χ4v) is 2.86. The van der Waals surface area contributed by atoms with Crippen molar-refractivity contribution in [3.63, 3.8) is 0 Å². The number of nitrogens with one attached hydrogen (secondary N) is 1. The lowest BCUT2D eigenvalue weighted by atomic mass is 9.86. The lowest BCUT2D eigenvalue weighted by molar-refractivity contribution is 0.0664. The Morgan fingerprint density at radius 3 is 1.85 bits per heavy atom. The number of rotatable bonds is 2. The summed E-state index contributed by atoms with van der Waals surface area (Å²) in [6.07, 6.45) is 0. The van der Waals surface area contributed by atoms with E-state index in [9.17, 15) is 9.59 Å². The minimum absolute atomic E-state index is 0.0402. The molecule has 5 nitrogen and oxygen atoms in total. The van der Waals surface area contributed by atoms with Gasteiger partial charge in [-0.05, 0) is 28.5 Å². The van der Waals surface area contributed by atoms with Crippen LogP contribution in [0, 0.1) is 5.41 Å². The summed E-state index contributed by atoms with van der Waals surface area (Å²) in [6.45, 7) is 15.7. The Labute approximate surface area is 157 Å². The van der Waals surface area contributed by atoms with Crippen LogP contribution in [0.5, 0.6) is 0 Å². The van der Waals surface area contributed by atoms with Crippen LogP contribution in [-0.2, 0) is 5.41 Å². The molecule has 144 valence electrons. The van der Waals surface area contributed by atoms with Crippen molar-refractivity contribution in [2.45, 2.75) is 47.0 Å². The second kappa shape index (κ2) is 7.68. The normalized spacial score (nSPS) is 15.8. The van der Waals surface area contributed by atoms with Gasteiger partial charge in [0.05, 0.1) is 0 Å². The molecule has 3 amide bonds. The Balaban J connectivity index is 1.89. The molecule has 0 aliphatic carbocycles. The predicted octanol–water partition coefficient (Wildman–Crippen LogP) is 3.50. The summed E-state index contributed by atoms with van der Waals surface area (Å²) in [6, 6.07) is 7.84. The molecule has 0 atom stereocenters. The van der Waals surface area contributed by atoms with Crippen molar-refractivity contribution in [1.29, 1.82) is 0 Å². The molecule has 0 bridgehead atoms. The first kappa shape index (κ1) is 20.3. The maximum atomic E-state index is 12.7. The summed E-state index contributed by atoms with van der Waals surface area (Å²) in [7, 11) is 0. The van der Waals surface area contributed by atoms with Crippen molar-refractivity contribution in [2.24, 2.45) is 5.41 Å². The van der Waals surface area contributed by atoms with Crippen molar-refractivity contribution in [3.05, 3.63) is 35.4 Å². The molecule has 1 aromatic rings. The standard InChI is InChI=1S/C21H33N3O2/c1-20(2,3)15-22-19(26)24-13-11-23(12-14-24)18(25)16-7-9-17(10-8-16)21(4,5)6/h7-10H,11-15H2,1-6H3,(H,22,26). The highest BCUT2D eigenvalue weighted by Gasteiger charge is 2.25. The number of benzene rings is 1. The van der Waals surface area contributed by atoms with E-state index in [1.54, 1.807) is 4.90 Å². The van der Waals surface area contributed by atoms with Crippen LogP contribution >= 0.6 is 0 Å². The summed E-state index contributed by atoms with van der Waals surface area (Å²) in [5, 5.41) is 2.97. The molecule has 1 aliphatic rings. The van der Waals surface area contributed by atoms with Gasteiger partial charge in [-0.25, -0.2) is 4.79 Å². The molecule has 1 saturated heterocycles. The smallest absolute Gasteiger partial charge is 0.317 e. The molecule has 1 aromatic carbocycles. The number of hydrogen-bond acceptors (Lipinski definition) is 2. The van der Waals surface area contributed by atoms with Gasteiger partial charge in [-0.2, -0.15) is 0 Å².